The number of rotatable bonds is 0. The fourth-order valence-corrected chi connectivity index (χ4v) is 0.621. The SMILES string of the molecule is [CH]1CCC[N]C1. The molecule has 1 rings (SSSR count). The van der Waals surface area contributed by atoms with E-state index in [0.29, 0.717) is 0 Å². The maximum absolute atomic E-state index is 4.12. The monoisotopic (exact) mass is 83.1 g/mol. The molecule has 0 aromatic heterocycles. The Hall–Kier alpha value is -0.0400. The van der Waals surface area contributed by atoms with Gasteiger partial charge in [-0.05, 0) is 19.3 Å². The minimum atomic E-state index is 1.00. The van der Waals surface area contributed by atoms with Gasteiger partial charge < -0.3 is 0 Å². The van der Waals surface area contributed by atoms with Gasteiger partial charge in [-0.25, -0.2) is 5.32 Å². The second-order valence-electron chi connectivity index (χ2n) is 1.56. The van der Waals surface area contributed by atoms with Gasteiger partial charge in [0.1, 0.15) is 0 Å². The second kappa shape index (κ2) is 2.19. The predicted octanol–water partition coefficient (Wildman–Crippen LogP) is 0.589. The average molecular weight is 83.1 g/mol. The molecule has 0 aromatic rings. The summed E-state index contributed by atoms with van der Waals surface area (Å²) >= 11 is 0. The van der Waals surface area contributed by atoms with Crippen LogP contribution in [0.3, 0.4) is 0 Å². The molecule has 1 heteroatoms. The first-order chi connectivity index (χ1) is 3.00. The zero-order chi connectivity index (χ0) is 4.24. The quantitative estimate of drug-likeness (QED) is 0.407. The molecule has 2 radical (unpaired) electrons. The van der Waals surface area contributed by atoms with E-state index in [0.717, 1.165) is 13.1 Å². The predicted molar refractivity (Wildman–Crippen MR) is 25.4 cm³/mol. The summed E-state index contributed by atoms with van der Waals surface area (Å²) < 4.78 is 0. The summed E-state index contributed by atoms with van der Waals surface area (Å²) in [7, 11) is 0. The van der Waals surface area contributed by atoms with Gasteiger partial charge in [-0.1, -0.05) is 0 Å². The van der Waals surface area contributed by atoms with Gasteiger partial charge in [0.2, 0.25) is 0 Å². The molecule has 0 aromatic carbocycles. The van der Waals surface area contributed by atoms with Crippen LogP contribution in [-0.2, 0) is 0 Å². The summed E-state index contributed by atoms with van der Waals surface area (Å²) in [5.74, 6) is 0. The van der Waals surface area contributed by atoms with Crippen LogP contribution in [0.15, 0.2) is 0 Å². The average Bonchev–Trinajstić information content (AvgIpc) is 1.72. The number of hydrogen-bond acceptors (Lipinski definition) is 0. The maximum Gasteiger partial charge on any atom is 0.0164 e. The van der Waals surface area contributed by atoms with Crippen molar-refractivity contribution < 1.29 is 0 Å². The Morgan fingerprint density at radius 2 is 2.50 bits per heavy atom. The summed E-state index contributed by atoms with van der Waals surface area (Å²) in [5.41, 5.74) is 0. The third kappa shape index (κ3) is 0.977. The van der Waals surface area contributed by atoms with Crippen LogP contribution in [-0.4, -0.2) is 13.1 Å². The van der Waals surface area contributed by atoms with Crippen molar-refractivity contribution >= 4 is 0 Å². The van der Waals surface area contributed by atoms with E-state index in [1.165, 1.54) is 12.8 Å². The highest BCUT2D eigenvalue weighted by Gasteiger charge is 1.95. The van der Waals surface area contributed by atoms with Crippen LogP contribution in [0, 0.1) is 6.42 Å². The van der Waals surface area contributed by atoms with E-state index in [2.05, 4.69) is 11.7 Å². The van der Waals surface area contributed by atoms with Gasteiger partial charge >= 0.3 is 0 Å². The molecular formula is C5H9N. The van der Waals surface area contributed by atoms with Crippen LogP contribution in [0.4, 0.5) is 0 Å². The van der Waals surface area contributed by atoms with Crippen LogP contribution in [0.2, 0.25) is 0 Å². The summed E-state index contributed by atoms with van der Waals surface area (Å²) in [6.07, 6.45) is 4.78. The molecule has 6 heavy (non-hydrogen) atoms. The van der Waals surface area contributed by atoms with Crippen molar-refractivity contribution in [3.63, 3.8) is 0 Å². The first-order valence-corrected chi connectivity index (χ1v) is 2.45. The van der Waals surface area contributed by atoms with E-state index >= 15 is 0 Å². The number of hydrogen-bond donors (Lipinski definition) is 0. The van der Waals surface area contributed by atoms with Crippen molar-refractivity contribution in [3.8, 4) is 0 Å². The minimum absolute atomic E-state index is 1.00. The molecule has 0 amide bonds. The van der Waals surface area contributed by atoms with Crippen LogP contribution in [0.5, 0.6) is 0 Å². The van der Waals surface area contributed by atoms with Crippen LogP contribution in [0.1, 0.15) is 12.8 Å². The molecule has 1 aliphatic rings. The van der Waals surface area contributed by atoms with E-state index in [1.807, 2.05) is 0 Å². The minimum Gasteiger partial charge on any atom is -0.241 e. The van der Waals surface area contributed by atoms with Crippen molar-refractivity contribution in [1.29, 1.82) is 0 Å². The van der Waals surface area contributed by atoms with E-state index in [1.54, 1.807) is 0 Å². The molecule has 0 atom stereocenters. The third-order valence-corrected chi connectivity index (χ3v) is 0.983. The second-order valence-corrected chi connectivity index (χ2v) is 1.56. The van der Waals surface area contributed by atoms with Crippen molar-refractivity contribution in [2.24, 2.45) is 0 Å². The molecule has 1 nitrogen and oxygen atoms in total. The first kappa shape index (κ1) is 4.13. The Labute approximate surface area is 38.7 Å². The lowest BCUT2D eigenvalue weighted by atomic mass is 10.2. The first-order valence-electron chi connectivity index (χ1n) is 2.45. The van der Waals surface area contributed by atoms with Gasteiger partial charge in [-0.3, -0.25) is 0 Å². The highest BCUT2D eigenvalue weighted by Crippen LogP contribution is 1.96. The molecule has 0 saturated carbocycles. The molecular weight excluding hydrogens is 74.1 g/mol. The van der Waals surface area contributed by atoms with Crippen LogP contribution >= 0.6 is 0 Å². The molecule has 1 heterocycles. The van der Waals surface area contributed by atoms with Gasteiger partial charge in [-0.15, -0.1) is 0 Å². The summed E-state index contributed by atoms with van der Waals surface area (Å²) in [4.78, 5) is 0. The Balaban J connectivity index is 2.00. The molecule has 1 aliphatic heterocycles. The standard InChI is InChI=1S/C5H9N/c1-2-4-6-5-3-1/h2H,1,3-5H2. The van der Waals surface area contributed by atoms with Gasteiger partial charge in [0.05, 0.1) is 0 Å². The topological polar surface area (TPSA) is 14.1 Å². The van der Waals surface area contributed by atoms with Crippen molar-refractivity contribution in [2.45, 2.75) is 12.8 Å². The highest BCUT2D eigenvalue weighted by molar-refractivity contribution is 4.72. The number of nitrogens with zero attached hydrogens (tertiary/aromatic N) is 1. The number of piperidine rings is 1. The Kier molecular flexibility index (Phi) is 1.51. The summed E-state index contributed by atoms with van der Waals surface area (Å²) in [6.45, 7) is 2.09. The zero-order valence-electron chi connectivity index (χ0n) is 3.85. The molecule has 1 saturated heterocycles. The van der Waals surface area contributed by atoms with E-state index in [-0.39, 0.29) is 0 Å². The molecule has 0 aliphatic carbocycles. The Bertz CT molecular complexity index is 19.4. The van der Waals surface area contributed by atoms with Gasteiger partial charge in [0, 0.05) is 13.1 Å². The molecule has 34 valence electrons. The largest absolute Gasteiger partial charge is 0.241 e. The Morgan fingerprint density at radius 1 is 1.50 bits per heavy atom. The lowest BCUT2D eigenvalue weighted by molar-refractivity contribution is 0.593. The van der Waals surface area contributed by atoms with Crippen molar-refractivity contribution in [2.75, 3.05) is 13.1 Å². The summed E-state index contributed by atoms with van der Waals surface area (Å²) in [5, 5.41) is 4.12. The van der Waals surface area contributed by atoms with E-state index < -0.39 is 0 Å². The van der Waals surface area contributed by atoms with Gasteiger partial charge in [-0.2, -0.15) is 0 Å². The smallest absolute Gasteiger partial charge is 0.0164 e. The van der Waals surface area contributed by atoms with Crippen LogP contribution in [0.25, 0.3) is 0 Å². The Morgan fingerprint density at radius 3 is 2.67 bits per heavy atom. The molecule has 0 spiro atoms. The molecule has 0 unspecified atom stereocenters. The van der Waals surface area contributed by atoms with E-state index in [4.69, 9.17) is 0 Å². The lowest BCUT2D eigenvalue weighted by Crippen LogP contribution is -2.14. The fourth-order valence-electron chi connectivity index (χ4n) is 0.621. The fraction of sp³-hybridized carbons (Fsp3) is 0.800. The van der Waals surface area contributed by atoms with Crippen LogP contribution < -0.4 is 5.32 Å². The molecule has 1 fully saturated rings. The van der Waals surface area contributed by atoms with Crippen molar-refractivity contribution in [3.05, 3.63) is 6.42 Å². The van der Waals surface area contributed by atoms with Crippen molar-refractivity contribution in [1.82, 2.24) is 5.32 Å². The zero-order valence-corrected chi connectivity index (χ0v) is 3.85. The molecule has 0 bridgehead atoms. The third-order valence-electron chi connectivity index (χ3n) is 0.983. The highest BCUT2D eigenvalue weighted by atomic mass is 14.9. The maximum atomic E-state index is 4.12. The van der Waals surface area contributed by atoms with Gasteiger partial charge in [0.15, 0.2) is 0 Å². The van der Waals surface area contributed by atoms with Gasteiger partial charge in [0.25, 0.3) is 0 Å². The normalized spacial score (nSPS) is 24.0. The van der Waals surface area contributed by atoms with E-state index in [9.17, 15) is 0 Å². The lowest BCUT2D eigenvalue weighted by Gasteiger charge is -2.06. The summed E-state index contributed by atoms with van der Waals surface area (Å²) in [6, 6.07) is 0. The molecule has 0 N–H and O–H groups in total.